The van der Waals surface area contributed by atoms with Crippen molar-refractivity contribution in [3.05, 3.63) is 71.8 Å². The van der Waals surface area contributed by atoms with Crippen LogP contribution in [0, 0.1) is 0 Å². The quantitative estimate of drug-likeness (QED) is 0.798. The number of carbonyl (C=O) groups is 2. The fourth-order valence-electron chi connectivity index (χ4n) is 2.55. The normalized spacial score (nSPS) is 10.9. The second kappa shape index (κ2) is 7.09. The Balaban J connectivity index is 2.73. The van der Waals surface area contributed by atoms with E-state index in [4.69, 9.17) is 4.74 Å². The van der Waals surface area contributed by atoms with Crippen LogP contribution in [0.25, 0.3) is 0 Å². The van der Waals surface area contributed by atoms with E-state index in [1.54, 1.807) is 36.2 Å². The Morgan fingerprint density at radius 3 is 1.74 bits per heavy atom. The van der Waals surface area contributed by atoms with Crippen LogP contribution >= 0.6 is 0 Å². The molecule has 0 aliphatic heterocycles. The van der Waals surface area contributed by atoms with E-state index in [9.17, 15) is 9.59 Å². The van der Waals surface area contributed by atoms with E-state index in [1.165, 1.54) is 6.92 Å². The molecule has 2 rings (SSSR count). The lowest BCUT2D eigenvalue weighted by atomic mass is 9.84. The number of hydrogen-bond acceptors (Lipinski definition) is 3. The van der Waals surface area contributed by atoms with Gasteiger partial charge in [0.1, 0.15) is 0 Å². The van der Waals surface area contributed by atoms with Crippen LogP contribution < -0.4 is 0 Å². The Morgan fingerprint density at radius 2 is 1.39 bits per heavy atom. The summed E-state index contributed by atoms with van der Waals surface area (Å²) in [5.74, 6) is -0.775. The monoisotopic (exact) mass is 311 g/mol. The minimum atomic E-state index is -1.47. The number of hydrogen-bond donors (Lipinski definition) is 0. The summed E-state index contributed by atoms with van der Waals surface area (Å²) >= 11 is 0. The Kier molecular flexibility index (Phi) is 5.16. The van der Waals surface area contributed by atoms with E-state index in [-0.39, 0.29) is 5.91 Å². The lowest BCUT2D eigenvalue weighted by Gasteiger charge is -2.35. The molecule has 0 saturated carbocycles. The molecule has 0 N–H and O–H groups in total. The smallest absolute Gasteiger partial charge is 0.304 e. The molecule has 120 valence electrons. The number of ether oxygens (including phenoxy) is 1. The van der Waals surface area contributed by atoms with Crippen LogP contribution in [0.1, 0.15) is 25.0 Å². The lowest BCUT2D eigenvalue weighted by Crippen LogP contribution is -2.49. The summed E-state index contributed by atoms with van der Waals surface area (Å²) < 4.78 is 5.66. The molecule has 0 aromatic heterocycles. The van der Waals surface area contributed by atoms with E-state index in [0.29, 0.717) is 17.7 Å². The topological polar surface area (TPSA) is 46.6 Å². The van der Waals surface area contributed by atoms with Gasteiger partial charge in [-0.15, -0.1) is 0 Å². The van der Waals surface area contributed by atoms with Gasteiger partial charge < -0.3 is 9.64 Å². The van der Waals surface area contributed by atoms with E-state index < -0.39 is 11.6 Å². The summed E-state index contributed by atoms with van der Waals surface area (Å²) in [5, 5.41) is 0. The third kappa shape index (κ3) is 3.26. The summed E-state index contributed by atoms with van der Waals surface area (Å²) in [6.45, 7) is 3.72. The van der Waals surface area contributed by atoms with Gasteiger partial charge in [-0.1, -0.05) is 60.7 Å². The minimum absolute atomic E-state index is 0.271. The number of benzene rings is 2. The summed E-state index contributed by atoms with van der Waals surface area (Å²) in [5.41, 5.74) is -0.211. The van der Waals surface area contributed by atoms with Crippen LogP contribution in [0.4, 0.5) is 0 Å². The zero-order chi connectivity index (χ0) is 16.9. The van der Waals surface area contributed by atoms with Gasteiger partial charge in [0.15, 0.2) is 0 Å². The van der Waals surface area contributed by atoms with Crippen molar-refractivity contribution in [2.75, 3.05) is 13.6 Å². The van der Waals surface area contributed by atoms with Crippen LogP contribution in [0.15, 0.2) is 60.7 Å². The first-order chi connectivity index (χ1) is 11.0. The standard InChI is InChI=1S/C19H21NO3/c1-4-20(3)18(22)19(23-15(2)21,16-11-7-5-8-12-16)17-13-9-6-10-14-17/h5-14H,4H2,1-3H3. The highest BCUT2D eigenvalue weighted by atomic mass is 16.6. The zero-order valence-corrected chi connectivity index (χ0v) is 13.7. The molecule has 0 aliphatic rings. The molecule has 0 bridgehead atoms. The van der Waals surface area contributed by atoms with Crippen LogP contribution in [-0.4, -0.2) is 30.4 Å². The molecular formula is C19H21NO3. The maximum atomic E-state index is 13.2. The van der Waals surface area contributed by atoms with Crippen LogP contribution in [0.5, 0.6) is 0 Å². The molecule has 2 aromatic carbocycles. The fraction of sp³-hybridized carbons (Fsp3) is 0.263. The Hall–Kier alpha value is -2.62. The highest BCUT2D eigenvalue weighted by molar-refractivity contribution is 5.92. The molecule has 0 radical (unpaired) electrons. The molecule has 0 aliphatic carbocycles. The molecular weight excluding hydrogens is 290 g/mol. The molecule has 0 saturated heterocycles. The average Bonchev–Trinajstić information content (AvgIpc) is 2.59. The maximum absolute atomic E-state index is 13.2. The molecule has 4 heteroatoms. The predicted molar refractivity (Wildman–Crippen MR) is 88.7 cm³/mol. The molecule has 0 heterocycles. The zero-order valence-electron chi connectivity index (χ0n) is 13.7. The summed E-state index contributed by atoms with van der Waals surface area (Å²) in [6, 6.07) is 18.3. The highest BCUT2D eigenvalue weighted by Crippen LogP contribution is 2.35. The largest absolute Gasteiger partial charge is 0.439 e. The molecule has 0 fully saturated rings. The van der Waals surface area contributed by atoms with Crippen molar-refractivity contribution in [3.63, 3.8) is 0 Å². The SMILES string of the molecule is CCN(C)C(=O)C(OC(C)=O)(c1ccccc1)c1ccccc1. The second-order valence-corrected chi connectivity index (χ2v) is 5.33. The average molecular weight is 311 g/mol. The molecule has 0 atom stereocenters. The van der Waals surface area contributed by atoms with Gasteiger partial charge in [0.05, 0.1) is 0 Å². The van der Waals surface area contributed by atoms with Crippen LogP contribution in [0.3, 0.4) is 0 Å². The molecule has 0 unspecified atom stereocenters. The van der Waals surface area contributed by atoms with Gasteiger partial charge in [-0.3, -0.25) is 9.59 Å². The molecule has 0 spiro atoms. The molecule has 2 aromatic rings. The molecule has 23 heavy (non-hydrogen) atoms. The first-order valence-corrected chi connectivity index (χ1v) is 7.58. The number of likely N-dealkylation sites (N-methyl/N-ethyl adjacent to an activating group) is 1. The van der Waals surface area contributed by atoms with Crippen LogP contribution in [0.2, 0.25) is 0 Å². The molecule has 4 nitrogen and oxygen atoms in total. The van der Waals surface area contributed by atoms with Crippen LogP contribution in [-0.2, 0) is 19.9 Å². The minimum Gasteiger partial charge on any atom is -0.439 e. The fourth-order valence-corrected chi connectivity index (χ4v) is 2.55. The van der Waals surface area contributed by atoms with Crippen molar-refractivity contribution in [2.45, 2.75) is 19.4 Å². The number of nitrogens with zero attached hydrogens (tertiary/aromatic N) is 1. The number of amides is 1. The van der Waals surface area contributed by atoms with Gasteiger partial charge in [0.2, 0.25) is 5.60 Å². The third-order valence-corrected chi connectivity index (χ3v) is 3.78. The van der Waals surface area contributed by atoms with Gasteiger partial charge in [-0.25, -0.2) is 0 Å². The van der Waals surface area contributed by atoms with Crippen molar-refractivity contribution in [2.24, 2.45) is 0 Å². The maximum Gasteiger partial charge on any atom is 0.304 e. The summed E-state index contributed by atoms with van der Waals surface area (Å²) in [6.07, 6.45) is 0. The lowest BCUT2D eigenvalue weighted by molar-refractivity contribution is -0.168. The van der Waals surface area contributed by atoms with Gasteiger partial charge in [0, 0.05) is 31.6 Å². The van der Waals surface area contributed by atoms with Gasteiger partial charge in [-0.2, -0.15) is 0 Å². The second-order valence-electron chi connectivity index (χ2n) is 5.33. The number of rotatable bonds is 5. The van der Waals surface area contributed by atoms with Crippen molar-refractivity contribution in [1.29, 1.82) is 0 Å². The summed E-state index contributed by atoms with van der Waals surface area (Å²) in [4.78, 5) is 26.6. The van der Waals surface area contributed by atoms with Crippen molar-refractivity contribution in [3.8, 4) is 0 Å². The van der Waals surface area contributed by atoms with Crippen molar-refractivity contribution < 1.29 is 14.3 Å². The van der Waals surface area contributed by atoms with E-state index in [0.717, 1.165) is 0 Å². The van der Waals surface area contributed by atoms with Gasteiger partial charge in [-0.05, 0) is 6.92 Å². The highest BCUT2D eigenvalue weighted by Gasteiger charge is 2.46. The third-order valence-electron chi connectivity index (χ3n) is 3.78. The first-order valence-electron chi connectivity index (χ1n) is 7.58. The predicted octanol–water partition coefficient (Wildman–Crippen LogP) is 2.97. The number of carbonyl (C=O) groups excluding carboxylic acids is 2. The Labute approximate surface area is 136 Å². The van der Waals surface area contributed by atoms with Crippen molar-refractivity contribution >= 4 is 11.9 Å². The Morgan fingerprint density at radius 1 is 0.957 bits per heavy atom. The van der Waals surface area contributed by atoms with Gasteiger partial charge >= 0.3 is 5.97 Å². The molecule has 1 amide bonds. The first kappa shape index (κ1) is 16.7. The van der Waals surface area contributed by atoms with E-state index >= 15 is 0 Å². The van der Waals surface area contributed by atoms with Gasteiger partial charge in [0.25, 0.3) is 5.91 Å². The van der Waals surface area contributed by atoms with Crippen molar-refractivity contribution in [1.82, 2.24) is 4.90 Å². The van der Waals surface area contributed by atoms with E-state index in [2.05, 4.69) is 0 Å². The van der Waals surface area contributed by atoms with E-state index in [1.807, 2.05) is 43.3 Å². The summed E-state index contributed by atoms with van der Waals surface area (Å²) in [7, 11) is 1.70. The Bertz CT molecular complexity index is 628. The number of esters is 1.